The first kappa shape index (κ1) is 13.9. The number of hydrogen-bond acceptors (Lipinski definition) is 3. The predicted octanol–water partition coefficient (Wildman–Crippen LogP) is 1.85. The summed E-state index contributed by atoms with van der Waals surface area (Å²) in [4.78, 5) is 12.0. The average Bonchev–Trinajstić information content (AvgIpc) is 2.37. The molecule has 0 aromatic heterocycles. The normalized spacial score (nSPS) is 10.4. The number of benzene rings is 1. The Morgan fingerprint density at radius 1 is 1.28 bits per heavy atom. The zero-order chi connectivity index (χ0) is 13.8. The molecular weight excluding hydrogens is 230 g/mol. The van der Waals surface area contributed by atoms with E-state index in [-0.39, 0.29) is 5.91 Å². The molecule has 0 heterocycles. The van der Waals surface area contributed by atoms with Gasteiger partial charge in [-0.2, -0.15) is 0 Å². The second-order valence-electron chi connectivity index (χ2n) is 4.29. The lowest BCUT2D eigenvalue weighted by molar-refractivity contribution is 0.0929. The standard InChI is InChI=1S/C14H17NO3/c1-6-14(2,3)15-13(16)10-7-8-11(17-4)12(9-10)18-5/h1,7-9H,2-5H3,(H,15,16). The van der Waals surface area contributed by atoms with Gasteiger partial charge in [-0.15, -0.1) is 6.42 Å². The van der Waals surface area contributed by atoms with Crippen LogP contribution in [0.2, 0.25) is 0 Å². The minimum absolute atomic E-state index is 0.251. The maximum Gasteiger partial charge on any atom is 0.252 e. The Hall–Kier alpha value is -2.15. The molecule has 0 aliphatic rings. The lowest BCUT2D eigenvalue weighted by Gasteiger charge is -2.19. The molecule has 0 aliphatic heterocycles. The summed E-state index contributed by atoms with van der Waals surface area (Å²) < 4.78 is 10.2. The molecule has 1 aromatic carbocycles. The molecule has 1 N–H and O–H groups in total. The summed E-state index contributed by atoms with van der Waals surface area (Å²) in [6.07, 6.45) is 5.32. The third-order valence-corrected chi connectivity index (χ3v) is 2.43. The van der Waals surface area contributed by atoms with E-state index in [4.69, 9.17) is 15.9 Å². The van der Waals surface area contributed by atoms with E-state index in [1.165, 1.54) is 7.11 Å². The molecule has 4 nitrogen and oxygen atoms in total. The summed E-state index contributed by atoms with van der Waals surface area (Å²) in [5.41, 5.74) is -0.222. The molecule has 1 aromatic rings. The summed E-state index contributed by atoms with van der Waals surface area (Å²) in [6, 6.07) is 4.95. The molecule has 0 aliphatic carbocycles. The van der Waals surface area contributed by atoms with E-state index >= 15 is 0 Å². The number of carbonyl (C=O) groups is 1. The van der Waals surface area contributed by atoms with E-state index in [2.05, 4.69) is 11.2 Å². The summed E-state index contributed by atoms with van der Waals surface area (Å²) in [7, 11) is 3.06. The van der Waals surface area contributed by atoms with Crippen molar-refractivity contribution in [1.29, 1.82) is 0 Å². The van der Waals surface area contributed by atoms with Crippen molar-refractivity contribution in [2.24, 2.45) is 0 Å². The first-order valence-corrected chi connectivity index (χ1v) is 5.46. The van der Waals surface area contributed by atoms with Gasteiger partial charge < -0.3 is 14.8 Å². The molecule has 0 bridgehead atoms. The topological polar surface area (TPSA) is 47.6 Å². The zero-order valence-electron chi connectivity index (χ0n) is 11.0. The minimum Gasteiger partial charge on any atom is -0.493 e. The number of ether oxygens (including phenoxy) is 2. The van der Waals surface area contributed by atoms with Crippen molar-refractivity contribution in [2.75, 3.05) is 14.2 Å². The van der Waals surface area contributed by atoms with Gasteiger partial charge in [0.05, 0.1) is 19.8 Å². The zero-order valence-corrected chi connectivity index (χ0v) is 11.0. The Bertz CT molecular complexity index is 486. The third-order valence-electron chi connectivity index (χ3n) is 2.43. The molecule has 1 amide bonds. The second kappa shape index (κ2) is 5.46. The highest BCUT2D eigenvalue weighted by atomic mass is 16.5. The summed E-state index contributed by atoms with van der Waals surface area (Å²) in [5.74, 6) is 3.33. The second-order valence-corrected chi connectivity index (χ2v) is 4.29. The molecule has 0 radical (unpaired) electrons. The summed E-state index contributed by atoms with van der Waals surface area (Å²) in [5, 5.41) is 2.74. The number of hydrogen-bond donors (Lipinski definition) is 1. The first-order valence-electron chi connectivity index (χ1n) is 5.46. The molecule has 1 rings (SSSR count). The Kier molecular flexibility index (Phi) is 4.22. The van der Waals surface area contributed by atoms with Crippen LogP contribution in [0.15, 0.2) is 18.2 Å². The van der Waals surface area contributed by atoms with Gasteiger partial charge in [-0.05, 0) is 32.0 Å². The molecule has 0 saturated heterocycles. The highest BCUT2D eigenvalue weighted by Crippen LogP contribution is 2.27. The number of carbonyl (C=O) groups excluding carboxylic acids is 1. The van der Waals surface area contributed by atoms with Crippen LogP contribution in [0.3, 0.4) is 0 Å². The van der Waals surface area contributed by atoms with E-state index in [1.807, 2.05) is 0 Å². The van der Waals surface area contributed by atoms with E-state index in [9.17, 15) is 4.79 Å². The van der Waals surface area contributed by atoms with Gasteiger partial charge in [-0.1, -0.05) is 5.92 Å². The molecular formula is C14H17NO3. The quantitative estimate of drug-likeness (QED) is 0.826. The van der Waals surface area contributed by atoms with Gasteiger partial charge in [0.15, 0.2) is 11.5 Å². The van der Waals surface area contributed by atoms with Crippen molar-refractivity contribution in [3.05, 3.63) is 23.8 Å². The molecule has 0 spiro atoms. The third kappa shape index (κ3) is 3.17. The van der Waals surface area contributed by atoms with Gasteiger partial charge in [0.2, 0.25) is 0 Å². The van der Waals surface area contributed by atoms with Crippen LogP contribution in [0.4, 0.5) is 0 Å². The Balaban J connectivity index is 2.98. The van der Waals surface area contributed by atoms with Crippen LogP contribution < -0.4 is 14.8 Å². The number of methoxy groups -OCH3 is 2. The van der Waals surface area contributed by atoms with Gasteiger partial charge in [0.25, 0.3) is 5.91 Å². The smallest absolute Gasteiger partial charge is 0.252 e. The molecule has 18 heavy (non-hydrogen) atoms. The molecule has 0 fully saturated rings. The number of terminal acetylenes is 1. The van der Waals surface area contributed by atoms with Crippen LogP contribution in [0.1, 0.15) is 24.2 Å². The number of amides is 1. The van der Waals surface area contributed by atoms with Crippen molar-refractivity contribution in [3.8, 4) is 23.8 Å². The maximum absolute atomic E-state index is 12.0. The van der Waals surface area contributed by atoms with Crippen molar-refractivity contribution >= 4 is 5.91 Å². The number of nitrogens with one attached hydrogen (secondary N) is 1. The van der Waals surface area contributed by atoms with E-state index < -0.39 is 5.54 Å². The van der Waals surface area contributed by atoms with Gasteiger partial charge in [-0.25, -0.2) is 0 Å². The van der Waals surface area contributed by atoms with Gasteiger partial charge in [0.1, 0.15) is 0 Å². The van der Waals surface area contributed by atoms with Gasteiger partial charge in [-0.3, -0.25) is 4.79 Å². The van der Waals surface area contributed by atoms with Gasteiger partial charge in [0, 0.05) is 5.56 Å². The van der Waals surface area contributed by atoms with E-state index in [0.717, 1.165) is 0 Å². The Labute approximate surface area is 107 Å². The van der Waals surface area contributed by atoms with Crippen molar-refractivity contribution < 1.29 is 14.3 Å². The maximum atomic E-state index is 12.0. The van der Waals surface area contributed by atoms with Crippen molar-refractivity contribution in [1.82, 2.24) is 5.32 Å². The lowest BCUT2D eigenvalue weighted by Crippen LogP contribution is -2.42. The van der Waals surface area contributed by atoms with Crippen LogP contribution in [0.5, 0.6) is 11.5 Å². The largest absolute Gasteiger partial charge is 0.493 e. The molecule has 0 unspecified atom stereocenters. The molecule has 4 heteroatoms. The molecule has 0 saturated carbocycles. The monoisotopic (exact) mass is 247 g/mol. The van der Waals surface area contributed by atoms with Crippen LogP contribution in [-0.4, -0.2) is 25.7 Å². The Morgan fingerprint density at radius 2 is 1.89 bits per heavy atom. The molecule has 0 atom stereocenters. The van der Waals surface area contributed by atoms with E-state index in [1.54, 1.807) is 39.2 Å². The average molecular weight is 247 g/mol. The first-order chi connectivity index (χ1) is 8.43. The SMILES string of the molecule is C#CC(C)(C)NC(=O)c1ccc(OC)c(OC)c1. The highest BCUT2D eigenvalue weighted by molar-refractivity contribution is 5.95. The van der Waals surface area contributed by atoms with Crippen LogP contribution >= 0.6 is 0 Å². The Morgan fingerprint density at radius 3 is 2.39 bits per heavy atom. The van der Waals surface area contributed by atoms with E-state index in [0.29, 0.717) is 17.1 Å². The van der Waals surface area contributed by atoms with Crippen molar-refractivity contribution in [3.63, 3.8) is 0 Å². The predicted molar refractivity (Wildman–Crippen MR) is 69.9 cm³/mol. The summed E-state index contributed by atoms with van der Waals surface area (Å²) in [6.45, 7) is 3.51. The minimum atomic E-state index is -0.690. The fourth-order valence-corrected chi connectivity index (χ4v) is 1.37. The summed E-state index contributed by atoms with van der Waals surface area (Å²) >= 11 is 0. The van der Waals surface area contributed by atoms with Crippen LogP contribution in [-0.2, 0) is 0 Å². The fraction of sp³-hybridized carbons (Fsp3) is 0.357. The molecule has 96 valence electrons. The lowest BCUT2D eigenvalue weighted by atomic mass is 10.1. The highest BCUT2D eigenvalue weighted by Gasteiger charge is 2.19. The van der Waals surface area contributed by atoms with Crippen LogP contribution in [0.25, 0.3) is 0 Å². The number of rotatable bonds is 4. The van der Waals surface area contributed by atoms with Crippen LogP contribution in [0, 0.1) is 12.3 Å². The van der Waals surface area contributed by atoms with Crippen molar-refractivity contribution in [2.45, 2.75) is 19.4 Å². The van der Waals surface area contributed by atoms with Gasteiger partial charge >= 0.3 is 0 Å². The fourth-order valence-electron chi connectivity index (χ4n) is 1.37.